The van der Waals surface area contributed by atoms with Crippen LogP contribution in [0.1, 0.15) is 37.7 Å². The number of aliphatic imine (C=N–C) groups is 1. The number of hydrogen-bond acceptors (Lipinski definition) is 4. The van der Waals surface area contributed by atoms with Gasteiger partial charge in [0, 0.05) is 56.8 Å². The topological polar surface area (TPSA) is 54.7 Å². The molecule has 2 aliphatic rings. The van der Waals surface area contributed by atoms with Crippen LogP contribution in [0.2, 0.25) is 0 Å². The fraction of sp³-hybridized carbons (Fsp3) is 0.778. The molecule has 0 bridgehead atoms. The maximum Gasteiger partial charge on any atom is 0.193 e. The van der Waals surface area contributed by atoms with Gasteiger partial charge in [0.25, 0.3) is 0 Å². The molecule has 2 fully saturated rings. The van der Waals surface area contributed by atoms with Gasteiger partial charge < -0.3 is 15.0 Å². The minimum atomic E-state index is 0. The zero-order valence-electron chi connectivity index (χ0n) is 16.1. The van der Waals surface area contributed by atoms with Crippen LogP contribution in [0.5, 0.6) is 0 Å². The van der Waals surface area contributed by atoms with Crippen molar-refractivity contribution in [2.45, 2.75) is 36.9 Å². The number of aryl methyl sites for hydroxylation is 1. The molecule has 1 atom stereocenters. The molecule has 0 spiro atoms. The smallest absolute Gasteiger partial charge is 0.193 e. The van der Waals surface area contributed by atoms with Crippen molar-refractivity contribution in [1.82, 2.24) is 20.0 Å². The average molecular weight is 493 g/mol. The first-order valence-corrected chi connectivity index (χ1v) is 10.5. The summed E-state index contributed by atoms with van der Waals surface area (Å²) in [5.41, 5.74) is 1.34. The molecule has 2 aliphatic heterocycles. The van der Waals surface area contributed by atoms with Gasteiger partial charge in [-0.05, 0) is 38.0 Å². The summed E-state index contributed by atoms with van der Waals surface area (Å²) in [7, 11) is 1.98. The SMILES string of the molecule is CCNC(=NCC1(SC)CCOCC1)N1CCC(c2cnn(C)c2)C1.I. The second-order valence-corrected chi connectivity index (χ2v) is 8.32. The van der Waals surface area contributed by atoms with Crippen LogP contribution in [-0.2, 0) is 11.8 Å². The number of halogens is 1. The summed E-state index contributed by atoms with van der Waals surface area (Å²) in [6, 6.07) is 0. The van der Waals surface area contributed by atoms with Crippen molar-refractivity contribution in [2.24, 2.45) is 12.0 Å². The summed E-state index contributed by atoms with van der Waals surface area (Å²) in [6.45, 7) is 7.71. The van der Waals surface area contributed by atoms with Gasteiger partial charge in [0.1, 0.15) is 0 Å². The largest absolute Gasteiger partial charge is 0.381 e. The van der Waals surface area contributed by atoms with Crippen molar-refractivity contribution in [3.8, 4) is 0 Å². The maximum atomic E-state index is 5.55. The molecule has 148 valence electrons. The molecule has 2 saturated heterocycles. The van der Waals surface area contributed by atoms with Crippen molar-refractivity contribution in [2.75, 3.05) is 45.6 Å². The fourth-order valence-electron chi connectivity index (χ4n) is 3.69. The Bertz CT molecular complexity index is 588. The molecular formula is C18H32IN5OS. The molecule has 3 rings (SSSR count). The van der Waals surface area contributed by atoms with Crippen LogP contribution >= 0.6 is 35.7 Å². The Morgan fingerprint density at radius 1 is 1.46 bits per heavy atom. The Morgan fingerprint density at radius 2 is 2.23 bits per heavy atom. The van der Waals surface area contributed by atoms with E-state index in [2.05, 4.69) is 34.7 Å². The molecule has 0 amide bonds. The van der Waals surface area contributed by atoms with E-state index in [0.717, 1.165) is 64.6 Å². The van der Waals surface area contributed by atoms with Crippen molar-refractivity contribution in [3.63, 3.8) is 0 Å². The van der Waals surface area contributed by atoms with Crippen molar-refractivity contribution >= 4 is 41.7 Å². The average Bonchev–Trinajstić information content (AvgIpc) is 3.28. The summed E-state index contributed by atoms with van der Waals surface area (Å²) >= 11 is 1.95. The standard InChI is InChI=1S/C18H31N5OS.HI/c1-4-19-17(20-14-18(25-3)6-9-24-10-7-18)23-8-5-15(13-23)16-11-21-22(2)12-16;/h11-12,15H,4-10,13-14H2,1-3H3,(H,19,20);1H. The second kappa shape index (κ2) is 10.2. The highest BCUT2D eigenvalue weighted by Crippen LogP contribution is 2.34. The molecule has 6 nitrogen and oxygen atoms in total. The number of rotatable bonds is 5. The zero-order chi connectivity index (χ0) is 17.7. The normalized spacial score (nSPS) is 23.0. The summed E-state index contributed by atoms with van der Waals surface area (Å²) in [5.74, 6) is 1.61. The number of hydrogen-bond donors (Lipinski definition) is 1. The summed E-state index contributed by atoms with van der Waals surface area (Å²) < 4.78 is 7.68. The van der Waals surface area contributed by atoms with E-state index in [-0.39, 0.29) is 28.7 Å². The molecule has 3 heterocycles. The van der Waals surface area contributed by atoms with Crippen molar-refractivity contribution in [1.29, 1.82) is 0 Å². The van der Waals surface area contributed by atoms with Gasteiger partial charge in [-0.15, -0.1) is 24.0 Å². The van der Waals surface area contributed by atoms with Gasteiger partial charge >= 0.3 is 0 Å². The molecule has 1 N–H and O–H groups in total. The monoisotopic (exact) mass is 493 g/mol. The highest BCUT2D eigenvalue weighted by molar-refractivity contribution is 14.0. The highest BCUT2D eigenvalue weighted by atomic mass is 127. The first-order valence-electron chi connectivity index (χ1n) is 9.30. The maximum absolute atomic E-state index is 5.55. The summed E-state index contributed by atoms with van der Waals surface area (Å²) in [4.78, 5) is 7.44. The Morgan fingerprint density at radius 3 is 2.85 bits per heavy atom. The van der Waals surface area contributed by atoms with Gasteiger partial charge in [-0.3, -0.25) is 9.67 Å². The van der Waals surface area contributed by atoms with Gasteiger partial charge in [0.15, 0.2) is 5.96 Å². The minimum absolute atomic E-state index is 0. The van der Waals surface area contributed by atoms with Crippen LogP contribution in [0.3, 0.4) is 0 Å². The van der Waals surface area contributed by atoms with E-state index in [9.17, 15) is 0 Å². The van der Waals surface area contributed by atoms with Crippen molar-refractivity contribution in [3.05, 3.63) is 18.0 Å². The number of aromatic nitrogens is 2. The molecule has 1 aromatic rings. The lowest BCUT2D eigenvalue weighted by molar-refractivity contribution is 0.0793. The fourth-order valence-corrected chi connectivity index (χ4v) is 4.46. The molecule has 1 unspecified atom stereocenters. The first kappa shape index (κ1) is 21.8. The molecule has 0 radical (unpaired) electrons. The van der Waals surface area contributed by atoms with Crippen LogP contribution in [0.4, 0.5) is 0 Å². The third kappa shape index (κ3) is 5.28. The van der Waals surface area contributed by atoms with Gasteiger partial charge in [-0.2, -0.15) is 16.9 Å². The predicted molar refractivity (Wildman–Crippen MR) is 120 cm³/mol. The molecule has 8 heteroatoms. The molecule has 26 heavy (non-hydrogen) atoms. The molecular weight excluding hydrogens is 461 g/mol. The molecule has 0 aliphatic carbocycles. The van der Waals surface area contributed by atoms with Crippen LogP contribution in [-0.4, -0.2) is 71.0 Å². The number of nitrogens with one attached hydrogen (secondary N) is 1. The van der Waals surface area contributed by atoms with E-state index in [0.29, 0.717) is 5.92 Å². The Labute approximate surface area is 178 Å². The lowest BCUT2D eigenvalue weighted by atomic mass is 9.99. The van der Waals surface area contributed by atoms with Crippen LogP contribution < -0.4 is 5.32 Å². The van der Waals surface area contributed by atoms with E-state index in [1.165, 1.54) is 5.56 Å². The Kier molecular flexibility index (Phi) is 8.53. The van der Waals surface area contributed by atoms with E-state index in [4.69, 9.17) is 9.73 Å². The summed E-state index contributed by atoms with van der Waals surface area (Å²) in [5, 5.41) is 7.82. The predicted octanol–water partition coefficient (Wildman–Crippen LogP) is 2.71. The minimum Gasteiger partial charge on any atom is -0.381 e. The van der Waals surface area contributed by atoms with Crippen LogP contribution in [0.25, 0.3) is 0 Å². The van der Waals surface area contributed by atoms with E-state index in [1.54, 1.807) is 0 Å². The molecule has 0 saturated carbocycles. The number of ether oxygens (including phenoxy) is 1. The third-order valence-electron chi connectivity index (χ3n) is 5.37. The van der Waals surface area contributed by atoms with Crippen molar-refractivity contribution < 1.29 is 4.74 Å². The van der Waals surface area contributed by atoms with Gasteiger partial charge in [-0.25, -0.2) is 0 Å². The summed E-state index contributed by atoms with van der Waals surface area (Å²) in [6.07, 6.45) is 9.70. The quantitative estimate of drug-likeness (QED) is 0.389. The number of thioether (sulfide) groups is 1. The van der Waals surface area contributed by atoms with Gasteiger partial charge in [-0.1, -0.05) is 0 Å². The van der Waals surface area contributed by atoms with Crippen LogP contribution in [0, 0.1) is 0 Å². The zero-order valence-corrected chi connectivity index (χ0v) is 19.3. The highest BCUT2D eigenvalue weighted by Gasteiger charge is 2.33. The van der Waals surface area contributed by atoms with E-state index < -0.39 is 0 Å². The molecule has 0 aromatic carbocycles. The Hall–Kier alpha value is -0.480. The first-order chi connectivity index (χ1) is 12.2. The number of guanidine groups is 1. The molecule has 1 aromatic heterocycles. The second-order valence-electron chi connectivity index (χ2n) is 7.05. The van der Waals surface area contributed by atoms with E-state index in [1.807, 2.05) is 29.7 Å². The Balaban J connectivity index is 0.00000243. The number of nitrogens with zero attached hydrogens (tertiary/aromatic N) is 4. The van der Waals surface area contributed by atoms with Gasteiger partial charge in [0.05, 0.1) is 12.7 Å². The number of likely N-dealkylation sites (tertiary alicyclic amines) is 1. The van der Waals surface area contributed by atoms with Crippen LogP contribution in [0.15, 0.2) is 17.4 Å². The third-order valence-corrected chi connectivity index (χ3v) is 6.78. The lowest BCUT2D eigenvalue weighted by Crippen LogP contribution is -2.42. The lowest BCUT2D eigenvalue weighted by Gasteiger charge is -2.34. The van der Waals surface area contributed by atoms with E-state index >= 15 is 0 Å². The van der Waals surface area contributed by atoms with Gasteiger partial charge in [0.2, 0.25) is 0 Å².